The summed E-state index contributed by atoms with van der Waals surface area (Å²) < 4.78 is 0. The second-order valence-corrected chi connectivity index (χ2v) is 7.51. The lowest BCUT2D eigenvalue weighted by Gasteiger charge is -2.14. The summed E-state index contributed by atoms with van der Waals surface area (Å²) in [4.78, 5) is 5.13. The summed E-state index contributed by atoms with van der Waals surface area (Å²) in [6.07, 6.45) is 5.65. The van der Waals surface area contributed by atoms with Gasteiger partial charge in [-0.3, -0.25) is 0 Å². The molecule has 2 aliphatic rings. The average Bonchev–Trinajstić information content (AvgIpc) is 3.13. The van der Waals surface area contributed by atoms with Gasteiger partial charge in [-0.2, -0.15) is 0 Å². The van der Waals surface area contributed by atoms with Crippen LogP contribution in [0.4, 0.5) is 5.69 Å². The number of benzene rings is 5. The molecule has 0 spiro atoms. The van der Waals surface area contributed by atoms with E-state index in [9.17, 15) is 0 Å². The maximum atomic E-state index is 5.13. The minimum Gasteiger partial charge on any atom is -0.247 e. The van der Waals surface area contributed by atoms with Crippen LogP contribution in [-0.2, 0) is 0 Å². The van der Waals surface area contributed by atoms with Gasteiger partial charge in [0.15, 0.2) is 0 Å². The van der Waals surface area contributed by atoms with Gasteiger partial charge in [0.2, 0.25) is 0 Å². The quantitative estimate of drug-likeness (QED) is 0.378. The fourth-order valence-electron chi connectivity index (χ4n) is 5.05. The average molecular weight is 341 g/mol. The topological polar surface area (TPSA) is 12.4 Å². The first kappa shape index (κ1) is 13.7. The van der Waals surface area contributed by atoms with Gasteiger partial charge in [-0.1, -0.05) is 72.8 Å². The van der Waals surface area contributed by atoms with Crippen molar-refractivity contribution in [1.29, 1.82) is 0 Å². The molecule has 0 aromatic heterocycles. The van der Waals surface area contributed by atoms with Gasteiger partial charge >= 0.3 is 0 Å². The molecule has 0 fully saturated rings. The predicted octanol–water partition coefficient (Wildman–Crippen LogP) is 4.76. The van der Waals surface area contributed by atoms with Crippen molar-refractivity contribution in [3.63, 3.8) is 0 Å². The zero-order valence-electron chi connectivity index (χ0n) is 14.7. The summed E-state index contributed by atoms with van der Waals surface area (Å²) >= 11 is 0. The third-order valence-corrected chi connectivity index (χ3v) is 6.16. The van der Waals surface area contributed by atoms with Crippen LogP contribution < -0.4 is 15.8 Å². The van der Waals surface area contributed by atoms with Gasteiger partial charge in [-0.05, 0) is 50.0 Å². The molecule has 0 saturated heterocycles. The minimum absolute atomic E-state index is 0.972. The summed E-state index contributed by atoms with van der Waals surface area (Å²) in [5.74, 6) is 0. The Morgan fingerprint density at radius 1 is 0.630 bits per heavy atom. The summed E-state index contributed by atoms with van der Waals surface area (Å²) in [6, 6.07) is 24.2. The molecule has 5 aromatic rings. The minimum atomic E-state index is 0.972. The highest BCUT2D eigenvalue weighted by Gasteiger charge is 2.23. The molecule has 0 saturated carbocycles. The molecule has 1 nitrogen and oxygen atoms in total. The van der Waals surface area contributed by atoms with Gasteiger partial charge in [0.05, 0.1) is 11.0 Å². The summed E-state index contributed by atoms with van der Waals surface area (Å²) in [6.45, 7) is 0. The molecule has 1 heteroatoms. The lowest BCUT2D eigenvalue weighted by atomic mass is 9.88. The smallest absolute Gasteiger partial charge is 0.0798 e. The Morgan fingerprint density at radius 3 is 2.48 bits per heavy atom. The van der Waals surface area contributed by atoms with Crippen molar-refractivity contribution in [3.05, 3.63) is 82.5 Å². The van der Waals surface area contributed by atoms with Crippen LogP contribution in [0.15, 0.2) is 71.7 Å². The third-order valence-electron chi connectivity index (χ3n) is 6.16. The number of hydrogen-bond donors (Lipinski definition) is 0. The summed E-state index contributed by atoms with van der Waals surface area (Å²) in [7, 11) is 0. The molecule has 0 N–H and O–H groups in total. The molecule has 0 atom stereocenters. The molecular weight excluding hydrogens is 326 g/mol. The van der Waals surface area contributed by atoms with E-state index in [4.69, 9.17) is 4.99 Å². The molecule has 27 heavy (non-hydrogen) atoms. The van der Waals surface area contributed by atoms with Crippen molar-refractivity contribution < 1.29 is 0 Å². The van der Waals surface area contributed by atoms with Crippen molar-refractivity contribution in [2.24, 2.45) is 4.99 Å². The van der Waals surface area contributed by atoms with Crippen molar-refractivity contribution in [2.75, 3.05) is 0 Å². The number of nitrogens with zero attached hydrogens (tertiary/aromatic N) is 1. The van der Waals surface area contributed by atoms with Crippen LogP contribution in [-0.4, -0.2) is 0 Å². The Hall–Kier alpha value is -3.45. The zero-order chi connectivity index (χ0) is 17.5. The Balaban J connectivity index is 1.85. The number of hydrogen-bond acceptors (Lipinski definition) is 1. The van der Waals surface area contributed by atoms with Crippen LogP contribution in [0.3, 0.4) is 0 Å². The fraction of sp³-hybridized carbons (Fsp3) is 0.0385. The maximum absolute atomic E-state index is 5.13. The standard InChI is InChI=1S/C26H15N/c1-2-8-18-15(5-1)13-14-21-24(18)25-19-9-3-6-16-11-12-17-7-4-10-20(26(25)27-21)23(17)22(16)19/h1-3,5-14H,4H2. The van der Waals surface area contributed by atoms with Crippen LogP contribution in [0.2, 0.25) is 0 Å². The van der Waals surface area contributed by atoms with E-state index in [0.717, 1.165) is 17.5 Å². The highest BCUT2D eigenvalue weighted by atomic mass is 14.8. The molecule has 1 aliphatic heterocycles. The van der Waals surface area contributed by atoms with Crippen molar-refractivity contribution in [3.8, 4) is 11.1 Å². The molecule has 124 valence electrons. The van der Waals surface area contributed by atoms with Gasteiger partial charge in [0, 0.05) is 16.3 Å². The fourth-order valence-corrected chi connectivity index (χ4v) is 5.05. The molecule has 5 aromatic carbocycles. The first-order valence-electron chi connectivity index (χ1n) is 9.48. The summed E-state index contributed by atoms with van der Waals surface area (Å²) in [5, 5.41) is 11.8. The van der Waals surface area contributed by atoms with E-state index >= 15 is 0 Å². The van der Waals surface area contributed by atoms with Gasteiger partial charge < -0.3 is 0 Å². The van der Waals surface area contributed by atoms with Gasteiger partial charge in [0.25, 0.3) is 0 Å². The number of rotatable bonds is 0. The van der Waals surface area contributed by atoms with Crippen molar-refractivity contribution >= 4 is 50.2 Å². The van der Waals surface area contributed by atoms with Crippen LogP contribution in [0.25, 0.3) is 55.6 Å². The molecule has 7 rings (SSSR count). The summed E-state index contributed by atoms with van der Waals surface area (Å²) in [5.41, 5.74) is 3.70. The molecular formula is C26H15N. The molecule has 1 aliphatic carbocycles. The van der Waals surface area contributed by atoms with Crippen molar-refractivity contribution in [1.82, 2.24) is 0 Å². The van der Waals surface area contributed by atoms with Crippen LogP contribution >= 0.6 is 0 Å². The van der Waals surface area contributed by atoms with E-state index in [2.05, 4.69) is 78.9 Å². The van der Waals surface area contributed by atoms with Gasteiger partial charge in [-0.15, -0.1) is 0 Å². The van der Waals surface area contributed by atoms with E-state index in [1.54, 1.807) is 0 Å². The van der Waals surface area contributed by atoms with E-state index in [1.807, 2.05) is 0 Å². The Bertz CT molecular complexity index is 1640. The molecule has 0 radical (unpaired) electrons. The lowest BCUT2D eigenvalue weighted by Crippen LogP contribution is -2.32. The Kier molecular flexibility index (Phi) is 2.35. The van der Waals surface area contributed by atoms with E-state index in [-0.39, 0.29) is 0 Å². The zero-order valence-corrected chi connectivity index (χ0v) is 14.7. The highest BCUT2D eigenvalue weighted by molar-refractivity contribution is 6.19. The van der Waals surface area contributed by atoms with Crippen LogP contribution in [0.1, 0.15) is 6.42 Å². The normalized spacial score (nSPS) is 13.9. The molecule has 0 amide bonds. The van der Waals surface area contributed by atoms with Crippen LogP contribution in [0.5, 0.6) is 0 Å². The third kappa shape index (κ3) is 1.58. The molecule has 0 bridgehead atoms. The predicted molar refractivity (Wildman–Crippen MR) is 114 cm³/mol. The van der Waals surface area contributed by atoms with Gasteiger partial charge in [-0.25, -0.2) is 4.99 Å². The van der Waals surface area contributed by atoms with E-state index in [1.165, 1.54) is 53.9 Å². The first-order valence-corrected chi connectivity index (χ1v) is 9.48. The Labute approximate surface area is 155 Å². The molecule has 0 unspecified atom stereocenters. The number of fused-ring (bicyclic) bond motifs is 7. The molecule has 1 heterocycles. The lowest BCUT2D eigenvalue weighted by molar-refractivity contribution is 1.37. The second kappa shape index (κ2) is 4.63. The van der Waals surface area contributed by atoms with E-state index in [0.29, 0.717) is 0 Å². The van der Waals surface area contributed by atoms with Crippen LogP contribution in [0, 0.1) is 0 Å². The van der Waals surface area contributed by atoms with Gasteiger partial charge in [0.1, 0.15) is 0 Å². The SMILES string of the molecule is C1=c2ccc3cccc4c5c(c(c2c34)=CC1)=Nc1ccc2ccccc2c1-5. The van der Waals surface area contributed by atoms with Crippen molar-refractivity contribution in [2.45, 2.75) is 6.42 Å². The monoisotopic (exact) mass is 341 g/mol. The highest BCUT2D eigenvalue weighted by Crippen LogP contribution is 2.42. The maximum Gasteiger partial charge on any atom is 0.0798 e. The second-order valence-electron chi connectivity index (χ2n) is 7.51. The first-order chi connectivity index (χ1) is 13.4. The Morgan fingerprint density at radius 2 is 1.48 bits per heavy atom. The largest absolute Gasteiger partial charge is 0.247 e. The van der Waals surface area contributed by atoms with E-state index < -0.39 is 0 Å².